The molecule has 1 unspecified atom stereocenters. The van der Waals surface area contributed by atoms with Gasteiger partial charge < -0.3 is 4.90 Å². The van der Waals surface area contributed by atoms with Crippen molar-refractivity contribution in [2.45, 2.75) is 50.0 Å². The van der Waals surface area contributed by atoms with Crippen LogP contribution in [0.3, 0.4) is 0 Å². The fourth-order valence-corrected chi connectivity index (χ4v) is 5.92. The highest BCUT2D eigenvalue weighted by molar-refractivity contribution is 7.89. The molecule has 0 spiro atoms. The standard InChI is InChI=1S/C24H29ClN2O4S/c1-16-14-18(15-21(17(16)2)32(30,31)26(3)4)23(29)27(5)24(13-9-8-12-22(24)28)19-10-6-7-11-20(19)25/h6-7,10-11,14-15H,8-9,12-13H2,1-5H3. The number of sulfonamides is 1. The van der Waals surface area contributed by atoms with E-state index >= 15 is 0 Å². The van der Waals surface area contributed by atoms with Gasteiger partial charge in [0.25, 0.3) is 5.91 Å². The third kappa shape index (κ3) is 3.98. The molecule has 3 rings (SSSR count). The van der Waals surface area contributed by atoms with E-state index in [1.807, 2.05) is 0 Å². The van der Waals surface area contributed by atoms with Gasteiger partial charge in [-0.1, -0.05) is 29.8 Å². The van der Waals surface area contributed by atoms with E-state index in [4.69, 9.17) is 11.6 Å². The lowest BCUT2D eigenvalue weighted by molar-refractivity contribution is -0.132. The summed E-state index contributed by atoms with van der Waals surface area (Å²) in [5.41, 5.74) is 0.916. The number of hydrogen-bond acceptors (Lipinski definition) is 4. The van der Waals surface area contributed by atoms with Crippen LogP contribution in [-0.2, 0) is 20.4 Å². The van der Waals surface area contributed by atoms with Gasteiger partial charge in [0.05, 0.1) is 4.90 Å². The molecule has 0 radical (unpaired) electrons. The number of hydrogen-bond donors (Lipinski definition) is 0. The number of ketones is 1. The normalized spacial score (nSPS) is 19.3. The smallest absolute Gasteiger partial charge is 0.254 e. The predicted molar refractivity (Wildman–Crippen MR) is 125 cm³/mol. The highest BCUT2D eigenvalue weighted by Crippen LogP contribution is 2.43. The van der Waals surface area contributed by atoms with Crippen LogP contribution in [0.5, 0.6) is 0 Å². The lowest BCUT2D eigenvalue weighted by atomic mass is 9.74. The second-order valence-corrected chi connectivity index (χ2v) is 11.1. The van der Waals surface area contributed by atoms with Gasteiger partial charge in [-0.25, -0.2) is 12.7 Å². The Bertz CT molecular complexity index is 1180. The number of likely N-dealkylation sites (N-methyl/N-ethyl adjacent to an activating group) is 1. The van der Waals surface area contributed by atoms with Gasteiger partial charge in [0, 0.05) is 43.7 Å². The quantitative estimate of drug-likeness (QED) is 0.644. The van der Waals surface area contributed by atoms with E-state index in [0.29, 0.717) is 34.6 Å². The Kier molecular flexibility index (Phi) is 6.84. The van der Waals surface area contributed by atoms with Crippen molar-refractivity contribution in [1.82, 2.24) is 9.21 Å². The van der Waals surface area contributed by atoms with Gasteiger partial charge in [-0.3, -0.25) is 9.59 Å². The van der Waals surface area contributed by atoms with Crippen molar-refractivity contribution >= 4 is 33.3 Å². The lowest BCUT2D eigenvalue weighted by Gasteiger charge is -2.44. The number of rotatable bonds is 5. The highest BCUT2D eigenvalue weighted by atomic mass is 35.5. The maximum atomic E-state index is 13.7. The molecule has 0 N–H and O–H groups in total. The molecule has 1 aliphatic carbocycles. The fourth-order valence-electron chi connectivity index (χ4n) is 4.41. The maximum absolute atomic E-state index is 13.7. The third-order valence-electron chi connectivity index (χ3n) is 6.48. The summed E-state index contributed by atoms with van der Waals surface area (Å²) >= 11 is 6.50. The van der Waals surface area contributed by atoms with Gasteiger partial charge in [-0.2, -0.15) is 0 Å². The Labute approximate surface area is 195 Å². The summed E-state index contributed by atoms with van der Waals surface area (Å²) < 4.78 is 26.9. The number of nitrogens with zero attached hydrogens (tertiary/aromatic N) is 2. The molecule has 0 saturated heterocycles. The Morgan fingerprint density at radius 3 is 2.31 bits per heavy atom. The number of halogens is 1. The average Bonchev–Trinajstić information content (AvgIpc) is 2.75. The second kappa shape index (κ2) is 8.96. The summed E-state index contributed by atoms with van der Waals surface area (Å²) in [5, 5.41) is 0.429. The Morgan fingerprint density at radius 1 is 1.06 bits per heavy atom. The van der Waals surface area contributed by atoms with Crippen molar-refractivity contribution < 1.29 is 18.0 Å². The summed E-state index contributed by atoms with van der Waals surface area (Å²) in [6.07, 6.45) is 2.37. The van der Waals surface area contributed by atoms with E-state index < -0.39 is 21.5 Å². The second-order valence-electron chi connectivity index (χ2n) is 8.54. The number of carbonyl (C=O) groups is 2. The first-order valence-corrected chi connectivity index (χ1v) is 12.4. The molecule has 172 valence electrons. The predicted octanol–water partition coefficient (Wildman–Crippen LogP) is 4.32. The Morgan fingerprint density at radius 2 is 1.72 bits per heavy atom. The van der Waals surface area contributed by atoms with Crippen LogP contribution in [0.15, 0.2) is 41.3 Å². The van der Waals surface area contributed by atoms with Crippen LogP contribution in [0, 0.1) is 13.8 Å². The molecule has 32 heavy (non-hydrogen) atoms. The monoisotopic (exact) mass is 476 g/mol. The van der Waals surface area contributed by atoms with E-state index in [1.54, 1.807) is 51.2 Å². The molecule has 2 aromatic carbocycles. The topological polar surface area (TPSA) is 74.8 Å². The summed E-state index contributed by atoms with van der Waals surface area (Å²) in [7, 11) is 0.767. The first-order chi connectivity index (χ1) is 14.9. The van der Waals surface area contributed by atoms with E-state index in [-0.39, 0.29) is 16.2 Å². The minimum absolute atomic E-state index is 0.0577. The summed E-state index contributed by atoms with van der Waals surface area (Å²) in [4.78, 5) is 28.6. The fraction of sp³-hybridized carbons (Fsp3) is 0.417. The van der Waals surface area contributed by atoms with E-state index in [2.05, 4.69) is 0 Å². The molecule has 0 heterocycles. The van der Waals surface area contributed by atoms with Crippen LogP contribution in [0.1, 0.15) is 52.7 Å². The van der Waals surface area contributed by atoms with Gasteiger partial charge >= 0.3 is 0 Å². The number of Topliss-reactive ketones (excluding diaryl/α,β-unsaturated/α-hetero) is 1. The molecule has 1 aliphatic rings. The molecule has 6 nitrogen and oxygen atoms in total. The van der Waals surface area contributed by atoms with Gasteiger partial charge in [-0.15, -0.1) is 0 Å². The van der Waals surface area contributed by atoms with Crippen LogP contribution < -0.4 is 0 Å². The average molecular weight is 477 g/mol. The van der Waals surface area contributed by atoms with E-state index in [1.165, 1.54) is 25.1 Å². The molecule has 1 fully saturated rings. The maximum Gasteiger partial charge on any atom is 0.254 e. The zero-order chi connectivity index (χ0) is 23.8. The first kappa shape index (κ1) is 24.4. The van der Waals surface area contributed by atoms with Crippen LogP contribution in [0.25, 0.3) is 0 Å². The molecular weight excluding hydrogens is 448 g/mol. The molecular formula is C24H29ClN2O4S. The first-order valence-electron chi connectivity index (χ1n) is 10.5. The van der Waals surface area contributed by atoms with Crippen LogP contribution in [-0.4, -0.2) is 50.5 Å². The van der Waals surface area contributed by atoms with Crippen molar-refractivity contribution in [3.8, 4) is 0 Å². The third-order valence-corrected chi connectivity index (χ3v) is 8.75. The van der Waals surface area contributed by atoms with E-state index in [9.17, 15) is 18.0 Å². The van der Waals surface area contributed by atoms with Crippen LogP contribution in [0.4, 0.5) is 0 Å². The van der Waals surface area contributed by atoms with Crippen molar-refractivity contribution in [3.05, 3.63) is 63.7 Å². The molecule has 0 bridgehead atoms. The van der Waals surface area contributed by atoms with E-state index in [0.717, 1.165) is 17.1 Å². The molecule has 8 heteroatoms. The lowest BCUT2D eigenvalue weighted by Crippen LogP contribution is -2.54. The van der Waals surface area contributed by atoms with Gasteiger partial charge in [0.15, 0.2) is 5.78 Å². The van der Waals surface area contributed by atoms with Crippen molar-refractivity contribution in [3.63, 3.8) is 0 Å². The Hall–Kier alpha value is -2.22. The molecule has 0 aromatic heterocycles. The van der Waals surface area contributed by atoms with Gasteiger partial charge in [0.1, 0.15) is 5.54 Å². The molecule has 1 saturated carbocycles. The number of benzene rings is 2. The molecule has 1 atom stereocenters. The minimum atomic E-state index is -3.75. The largest absolute Gasteiger partial charge is 0.325 e. The minimum Gasteiger partial charge on any atom is -0.325 e. The van der Waals surface area contributed by atoms with Crippen molar-refractivity contribution in [1.29, 1.82) is 0 Å². The molecule has 0 aliphatic heterocycles. The molecule has 1 amide bonds. The van der Waals surface area contributed by atoms with Crippen LogP contribution in [0.2, 0.25) is 5.02 Å². The summed E-state index contributed by atoms with van der Waals surface area (Å²) in [6, 6.07) is 10.2. The van der Waals surface area contributed by atoms with Gasteiger partial charge in [-0.05, 0) is 62.4 Å². The zero-order valence-corrected chi connectivity index (χ0v) is 20.7. The van der Waals surface area contributed by atoms with Crippen molar-refractivity contribution in [2.24, 2.45) is 0 Å². The Balaban J connectivity index is 2.17. The van der Waals surface area contributed by atoms with Gasteiger partial charge in [0.2, 0.25) is 10.0 Å². The van der Waals surface area contributed by atoms with Crippen molar-refractivity contribution in [2.75, 3.05) is 21.1 Å². The SMILES string of the molecule is Cc1cc(C(=O)N(C)C2(c3ccccc3Cl)CCCCC2=O)cc(S(=O)(=O)N(C)C)c1C. The number of carbonyl (C=O) groups excluding carboxylic acids is 2. The number of amides is 1. The molecule has 2 aromatic rings. The number of aryl methyl sites for hydroxylation is 1. The summed E-state index contributed by atoms with van der Waals surface area (Å²) in [5.74, 6) is -0.476. The van der Waals surface area contributed by atoms with Crippen LogP contribution >= 0.6 is 11.6 Å². The highest BCUT2D eigenvalue weighted by Gasteiger charge is 2.48. The zero-order valence-electron chi connectivity index (χ0n) is 19.1. The summed E-state index contributed by atoms with van der Waals surface area (Å²) in [6.45, 7) is 3.50.